The molecule has 0 bridgehead atoms. The van der Waals surface area contributed by atoms with E-state index in [4.69, 9.17) is 9.72 Å². The summed E-state index contributed by atoms with van der Waals surface area (Å²) in [7, 11) is 2.15. The molecule has 1 N–H and O–H groups in total. The van der Waals surface area contributed by atoms with E-state index in [1.807, 2.05) is 0 Å². The first-order valence-corrected chi connectivity index (χ1v) is 13.6. The average Bonchev–Trinajstić information content (AvgIpc) is 3.56. The Morgan fingerprint density at radius 1 is 1.09 bits per heavy atom. The molecule has 5 nitrogen and oxygen atoms in total. The molecule has 0 radical (unpaired) electrons. The first kappa shape index (κ1) is 23.3. The second-order valence-corrected chi connectivity index (χ2v) is 10.4. The van der Waals surface area contributed by atoms with Crippen molar-refractivity contribution in [3.63, 3.8) is 0 Å². The SMILES string of the molecule is CCCc1cn(CCCc2ccc(COC3CCNCC3)cc2)c(-c2cc3sccc3n2C)n1. The highest BCUT2D eigenvalue weighted by molar-refractivity contribution is 7.17. The number of aryl methyl sites for hydroxylation is 4. The van der Waals surface area contributed by atoms with E-state index in [0.29, 0.717) is 6.10 Å². The maximum absolute atomic E-state index is 6.10. The van der Waals surface area contributed by atoms with Crippen molar-refractivity contribution in [3.8, 4) is 11.5 Å². The Balaban J connectivity index is 1.21. The van der Waals surface area contributed by atoms with Gasteiger partial charge in [-0.15, -0.1) is 11.3 Å². The summed E-state index contributed by atoms with van der Waals surface area (Å²) in [5.41, 5.74) is 6.35. The highest BCUT2D eigenvalue weighted by atomic mass is 32.1. The van der Waals surface area contributed by atoms with E-state index < -0.39 is 0 Å². The molecular formula is C28H36N4OS. The lowest BCUT2D eigenvalue weighted by Gasteiger charge is -2.23. The van der Waals surface area contributed by atoms with Gasteiger partial charge in [-0.05, 0) is 73.8 Å². The highest BCUT2D eigenvalue weighted by Crippen LogP contribution is 2.30. The van der Waals surface area contributed by atoms with Crippen molar-refractivity contribution in [1.29, 1.82) is 0 Å². The fourth-order valence-corrected chi connectivity index (χ4v) is 5.77. The summed E-state index contributed by atoms with van der Waals surface area (Å²) in [4.78, 5) is 5.03. The quantitative estimate of drug-likeness (QED) is 0.307. The third kappa shape index (κ3) is 5.29. The van der Waals surface area contributed by atoms with E-state index in [0.717, 1.165) is 70.6 Å². The van der Waals surface area contributed by atoms with Gasteiger partial charge >= 0.3 is 0 Å². The van der Waals surface area contributed by atoms with Crippen LogP contribution in [0.25, 0.3) is 21.7 Å². The van der Waals surface area contributed by atoms with Crippen molar-refractivity contribution in [2.75, 3.05) is 13.1 Å². The summed E-state index contributed by atoms with van der Waals surface area (Å²) in [6, 6.07) is 13.5. The number of nitrogens with one attached hydrogen (secondary N) is 1. The van der Waals surface area contributed by atoms with Gasteiger partial charge in [0.05, 0.1) is 34.3 Å². The Kier molecular flexibility index (Phi) is 7.48. The lowest BCUT2D eigenvalue weighted by molar-refractivity contribution is 0.0212. The minimum atomic E-state index is 0.405. The topological polar surface area (TPSA) is 44.0 Å². The van der Waals surface area contributed by atoms with E-state index in [2.05, 4.69) is 76.4 Å². The van der Waals surface area contributed by atoms with Gasteiger partial charge in [-0.2, -0.15) is 0 Å². The minimum Gasteiger partial charge on any atom is -0.373 e. The van der Waals surface area contributed by atoms with Crippen molar-refractivity contribution >= 4 is 21.6 Å². The molecule has 1 fully saturated rings. The minimum absolute atomic E-state index is 0.405. The van der Waals surface area contributed by atoms with Gasteiger partial charge in [0.25, 0.3) is 0 Å². The van der Waals surface area contributed by atoms with Crippen LogP contribution in [-0.4, -0.2) is 33.3 Å². The summed E-state index contributed by atoms with van der Waals surface area (Å²) in [6.07, 6.45) is 9.22. The van der Waals surface area contributed by atoms with Crippen LogP contribution in [0.4, 0.5) is 0 Å². The molecular weight excluding hydrogens is 440 g/mol. The van der Waals surface area contributed by atoms with Crippen molar-refractivity contribution in [3.05, 3.63) is 64.8 Å². The molecule has 3 aromatic heterocycles. The zero-order chi connectivity index (χ0) is 23.3. The number of benzene rings is 1. The van der Waals surface area contributed by atoms with Gasteiger partial charge in [-0.3, -0.25) is 0 Å². The number of piperidine rings is 1. The molecule has 1 saturated heterocycles. The number of rotatable bonds is 10. The van der Waals surface area contributed by atoms with E-state index in [1.165, 1.54) is 32.7 Å². The van der Waals surface area contributed by atoms with E-state index in [1.54, 1.807) is 11.3 Å². The fourth-order valence-electron chi connectivity index (χ4n) is 4.92. The summed E-state index contributed by atoms with van der Waals surface area (Å²) in [6.45, 7) is 6.07. The van der Waals surface area contributed by atoms with Gasteiger partial charge in [0.2, 0.25) is 0 Å². The molecule has 4 aromatic rings. The van der Waals surface area contributed by atoms with Gasteiger partial charge < -0.3 is 19.2 Å². The van der Waals surface area contributed by atoms with Crippen LogP contribution in [0, 0.1) is 0 Å². The molecule has 0 aliphatic carbocycles. The predicted octanol–water partition coefficient (Wildman–Crippen LogP) is 5.96. The number of imidazole rings is 1. The van der Waals surface area contributed by atoms with Crippen LogP contribution in [0.3, 0.4) is 0 Å². The maximum atomic E-state index is 6.10. The highest BCUT2D eigenvalue weighted by Gasteiger charge is 2.16. The van der Waals surface area contributed by atoms with Crippen molar-refractivity contribution in [1.82, 2.24) is 19.4 Å². The van der Waals surface area contributed by atoms with E-state index >= 15 is 0 Å². The number of aromatic nitrogens is 3. The molecule has 0 saturated carbocycles. The second-order valence-electron chi connectivity index (χ2n) is 9.44. The summed E-state index contributed by atoms with van der Waals surface area (Å²) in [5.74, 6) is 1.10. The Morgan fingerprint density at radius 2 is 1.88 bits per heavy atom. The van der Waals surface area contributed by atoms with Crippen LogP contribution < -0.4 is 5.32 Å². The zero-order valence-electron chi connectivity index (χ0n) is 20.4. The molecule has 0 spiro atoms. The van der Waals surface area contributed by atoms with Crippen LogP contribution in [0.1, 0.15) is 49.4 Å². The molecule has 1 aliphatic heterocycles. The monoisotopic (exact) mass is 476 g/mol. The number of hydrogen-bond acceptors (Lipinski definition) is 4. The molecule has 180 valence electrons. The van der Waals surface area contributed by atoms with E-state index in [-0.39, 0.29) is 0 Å². The van der Waals surface area contributed by atoms with Crippen LogP contribution in [-0.2, 0) is 37.8 Å². The third-order valence-corrected chi connectivity index (χ3v) is 7.74. The number of nitrogens with zero attached hydrogens (tertiary/aromatic N) is 3. The van der Waals surface area contributed by atoms with Gasteiger partial charge in [-0.1, -0.05) is 37.6 Å². The van der Waals surface area contributed by atoms with Crippen molar-refractivity contribution in [2.45, 2.75) is 64.7 Å². The predicted molar refractivity (Wildman–Crippen MR) is 141 cm³/mol. The number of ether oxygens (including phenoxy) is 1. The maximum Gasteiger partial charge on any atom is 0.156 e. The molecule has 5 rings (SSSR count). The van der Waals surface area contributed by atoms with Gasteiger partial charge in [0.15, 0.2) is 5.82 Å². The molecule has 34 heavy (non-hydrogen) atoms. The number of fused-ring (bicyclic) bond motifs is 1. The van der Waals surface area contributed by atoms with Gasteiger partial charge in [-0.25, -0.2) is 4.98 Å². The number of thiophene rings is 1. The lowest BCUT2D eigenvalue weighted by atomic mass is 10.1. The lowest BCUT2D eigenvalue weighted by Crippen LogP contribution is -2.32. The van der Waals surface area contributed by atoms with Crippen LogP contribution in [0.2, 0.25) is 0 Å². The molecule has 0 atom stereocenters. The average molecular weight is 477 g/mol. The molecule has 1 aromatic carbocycles. The van der Waals surface area contributed by atoms with Crippen molar-refractivity contribution < 1.29 is 4.74 Å². The van der Waals surface area contributed by atoms with Gasteiger partial charge in [0, 0.05) is 19.8 Å². The van der Waals surface area contributed by atoms with Crippen molar-refractivity contribution in [2.24, 2.45) is 7.05 Å². The first-order chi connectivity index (χ1) is 16.7. The smallest absolute Gasteiger partial charge is 0.156 e. The van der Waals surface area contributed by atoms with Crippen LogP contribution in [0.5, 0.6) is 0 Å². The summed E-state index contributed by atoms with van der Waals surface area (Å²) < 4.78 is 12.1. The largest absolute Gasteiger partial charge is 0.373 e. The summed E-state index contributed by atoms with van der Waals surface area (Å²) >= 11 is 1.80. The zero-order valence-corrected chi connectivity index (χ0v) is 21.2. The standard InChI is InChI=1S/C28H36N4OS/c1-3-5-23-19-32(28(30-23)26-18-27-25(31(26)2)13-17-34-27)16-4-6-21-7-9-22(10-8-21)20-33-24-11-14-29-15-12-24/h7-10,13,17-19,24,29H,3-6,11-12,14-16,20H2,1-2H3. The molecule has 0 unspecified atom stereocenters. The Hall–Kier alpha value is -2.41. The Labute approximate surface area is 206 Å². The van der Waals surface area contributed by atoms with Crippen LogP contribution in [0.15, 0.2) is 48.0 Å². The molecule has 4 heterocycles. The molecule has 6 heteroatoms. The Bertz CT molecular complexity index is 1200. The fraction of sp³-hybridized carbons (Fsp3) is 0.464. The van der Waals surface area contributed by atoms with Crippen LogP contribution >= 0.6 is 11.3 Å². The Morgan fingerprint density at radius 3 is 2.65 bits per heavy atom. The normalized spacial score (nSPS) is 14.9. The molecule has 1 aliphatic rings. The first-order valence-electron chi connectivity index (χ1n) is 12.7. The molecule has 0 amide bonds. The second kappa shape index (κ2) is 10.9. The van der Waals surface area contributed by atoms with Gasteiger partial charge in [0.1, 0.15) is 0 Å². The number of hydrogen-bond donors (Lipinski definition) is 1. The van der Waals surface area contributed by atoms with E-state index in [9.17, 15) is 0 Å². The third-order valence-electron chi connectivity index (χ3n) is 6.88. The summed E-state index contributed by atoms with van der Waals surface area (Å²) in [5, 5.41) is 5.55.